The van der Waals surface area contributed by atoms with Crippen LogP contribution >= 0.6 is 23.2 Å². The Bertz CT molecular complexity index is 1090. The molecular formula is C27H28Cl2N2O3. The molecule has 0 bridgehead atoms. The van der Waals surface area contributed by atoms with Crippen molar-refractivity contribution >= 4 is 46.9 Å². The Kier molecular flexibility index (Phi) is 8.07. The summed E-state index contributed by atoms with van der Waals surface area (Å²) < 4.78 is 5.26. The summed E-state index contributed by atoms with van der Waals surface area (Å²) in [5, 5.41) is 7.64. The number of halogens is 2. The number of amides is 1. The van der Waals surface area contributed by atoms with Crippen LogP contribution in [0.5, 0.6) is 0 Å². The fourth-order valence-corrected chi connectivity index (χ4v) is 4.81. The number of rotatable bonds is 7. The lowest BCUT2D eigenvalue weighted by Gasteiger charge is -2.29. The number of esters is 1. The van der Waals surface area contributed by atoms with Crippen molar-refractivity contribution in [3.63, 3.8) is 0 Å². The van der Waals surface area contributed by atoms with Crippen LogP contribution in [0.1, 0.15) is 62.6 Å². The fraction of sp³-hybridized carbons (Fsp3) is 0.370. The van der Waals surface area contributed by atoms with Crippen molar-refractivity contribution in [1.82, 2.24) is 5.01 Å². The minimum Gasteiger partial charge on any atom is -0.455 e. The van der Waals surface area contributed by atoms with Gasteiger partial charge < -0.3 is 4.74 Å². The van der Waals surface area contributed by atoms with Gasteiger partial charge in [0.25, 0.3) is 5.91 Å². The van der Waals surface area contributed by atoms with Gasteiger partial charge in [-0.15, -0.1) is 0 Å². The maximum Gasteiger partial charge on any atom is 0.306 e. The largest absolute Gasteiger partial charge is 0.455 e. The second-order valence-corrected chi connectivity index (χ2v) is 9.58. The molecule has 34 heavy (non-hydrogen) atoms. The van der Waals surface area contributed by atoms with Crippen LogP contribution in [0.3, 0.4) is 0 Å². The number of nitrogens with zero attached hydrogens (tertiary/aromatic N) is 2. The van der Waals surface area contributed by atoms with E-state index in [9.17, 15) is 9.59 Å². The van der Waals surface area contributed by atoms with Gasteiger partial charge in [-0.25, -0.2) is 5.01 Å². The van der Waals surface area contributed by atoms with Crippen molar-refractivity contribution in [2.24, 2.45) is 11.0 Å². The lowest BCUT2D eigenvalue weighted by molar-refractivity contribution is -0.153. The van der Waals surface area contributed by atoms with E-state index in [4.69, 9.17) is 33.0 Å². The highest BCUT2D eigenvalue weighted by Crippen LogP contribution is 2.44. The molecule has 1 fully saturated rings. The van der Waals surface area contributed by atoms with E-state index in [-0.39, 0.29) is 30.4 Å². The molecule has 2 atom stereocenters. The first-order valence-corrected chi connectivity index (χ1v) is 12.5. The van der Waals surface area contributed by atoms with Crippen LogP contribution in [0.15, 0.2) is 59.2 Å². The van der Waals surface area contributed by atoms with Crippen LogP contribution in [0.2, 0.25) is 10.0 Å². The molecule has 4 rings (SSSR count). The summed E-state index contributed by atoms with van der Waals surface area (Å²) in [5.41, 5.74) is 4.05. The Morgan fingerprint density at radius 3 is 2.44 bits per heavy atom. The van der Waals surface area contributed by atoms with Crippen molar-refractivity contribution in [1.29, 1.82) is 0 Å². The number of unbranched alkanes of at least 4 members (excludes halogenated alkanes) is 1. The van der Waals surface area contributed by atoms with Gasteiger partial charge in [-0.2, -0.15) is 5.10 Å². The molecule has 0 N–H and O–H groups in total. The van der Waals surface area contributed by atoms with Crippen LogP contribution in [0.4, 0.5) is 0 Å². The van der Waals surface area contributed by atoms with E-state index in [1.165, 1.54) is 5.01 Å². The van der Waals surface area contributed by atoms with Gasteiger partial charge in [0, 0.05) is 22.4 Å². The number of hydrogen-bond acceptors (Lipinski definition) is 4. The molecule has 0 radical (unpaired) electrons. The predicted octanol–water partition coefficient (Wildman–Crippen LogP) is 6.85. The molecule has 178 valence electrons. The van der Waals surface area contributed by atoms with Gasteiger partial charge >= 0.3 is 5.97 Å². The molecule has 1 saturated carbocycles. The lowest BCUT2D eigenvalue weighted by Crippen LogP contribution is -2.34. The van der Waals surface area contributed by atoms with Crippen LogP contribution in [0.25, 0.3) is 6.08 Å². The summed E-state index contributed by atoms with van der Waals surface area (Å²) in [6.45, 7) is 1.69. The number of allylic oxidation sites excluding steroid dienone is 1. The van der Waals surface area contributed by atoms with E-state index < -0.39 is 0 Å². The van der Waals surface area contributed by atoms with Gasteiger partial charge in [0.1, 0.15) is 0 Å². The highest BCUT2D eigenvalue weighted by atomic mass is 35.5. The third-order valence-corrected chi connectivity index (χ3v) is 6.77. The zero-order valence-electron chi connectivity index (χ0n) is 19.2. The minimum atomic E-state index is -0.356. The van der Waals surface area contributed by atoms with Crippen LogP contribution in [0, 0.1) is 5.92 Å². The predicted molar refractivity (Wildman–Crippen MR) is 136 cm³/mol. The SMILES string of the molecule is CCCCC(=O)OCC(=O)N1N=C2C(=Cc3ccc(Cl)cc3)CCCC2C1c1ccc(Cl)cc1. The van der Waals surface area contributed by atoms with Crippen molar-refractivity contribution in [2.45, 2.75) is 51.5 Å². The average molecular weight is 499 g/mol. The van der Waals surface area contributed by atoms with Crippen LogP contribution < -0.4 is 0 Å². The molecular weight excluding hydrogens is 471 g/mol. The Morgan fingerprint density at radius 2 is 1.76 bits per heavy atom. The number of hydrogen-bond donors (Lipinski definition) is 0. The lowest BCUT2D eigenvalue weighted by atomic mass is 9.77. The molecule has 1 amide bonds. The summed E-state index contributed by atoms with van der Waals surface area (Å²) >= 11 is 12.2. The first kappa shape index (κ1) is 24.5. The molecule has 7 heteroatoms. The molecule has 1 aliphatic carbocycles. The Morgan fingerprint density at radius 1 is 1.09 bits per heavy atom. The number of carbonyl (C=O) groups is 2. The first-order valence-electron chi connectivity index (χ1n) is 11.7. The summed E-state index contributed by atoms with van der Waals surface area (Å²) in [6.07, 6.45) is 6.89. The summed E-state index contributed by atoms with van der Waals surface area (Å²) in [6, 6.07) is 15.0. The third kappa shape index (κ3) is 5.70. The molecule has 5 nitrogen and oxygen atoms in total. The zero-order chi connectivity index (χ0) is 24.1. The maximum atomic E-state index is 13.2. The number of carbonyl (C=O) groups excluding carboxylic acids is 2. The van der Waals surface area contributed by atoms with Gasteiger partial charge in [0.05, 0.1) is 11.8 Å². The highest BCUT2D eigenvalue weighted by Gasteiger charge is 2.43. The van der Waals surface area contributed by atoms with E-state index in [0.717, 1.165) is 54.5 Å². The average Bonchev–Trinajstić information content (AvgIpc) is 3.24. The van der Waals surface area contributed by atoms with E-state index in [0.29, 0.717) is 16.5 Å². The number of benzene rings is 2. The van der Waals surface area contributed by atoms with E-state index >= 15 is 0 Å². The van der Waals surface area contributed by atoms with Gasteiger partial charge in [0.15, 0.2) is 6.61 Å². The maximum absolute atomic E-state index is 13.2. The Balaban J connectivity index is 1.63. The monoisotopic (exact) mass is 498 g/mol. The first-order chi connectivity index (χ1) is 16.5. The van der Waals surface area contributed by atoms with Crippen LogP contribution in [-0.4, -0.2) is 29.2 Å². The van der Waals surface area contributed by atoms with Gasteiger partial charge in [0.2, 0.25) is 0 Å². The van der Waals surface area contributed by atoms with E-state index in [2.05, 4.69) is 6.08 Å². The molecule has 1 heterocycles. The van der Waals surface area contributed by atoms with E-state index in [1.807, 2.05) is 55.5 Å². The van der Waals surface area contributed by atoms with Crippen molar-refractivity contribution in [2.75, 3.05) is 6.61 Å². The standard InChI is InChI=1S/C27H28Cl2N2O3/c1-2-3-7-25(33)34-17-24(32)31-27(19-10-14-22(29)15-11-19)23-6-4-5-20(26(23)30-31)16-18-8-12-21(28)13-9-18/h8-16,23,27H,2-7,17H2,1H3. The Labute approximate surface area is 210 Å². The van der Waals surface area contributed by atoms with Crippen molar-refractivity contribution in [3.05, 3.63) is 75.3 Å². The normalized spacial score (nSPS) is 20.7. The number of hydrazone groups is 1. The third-order valence-electron chi connectivity index (χ3n) is 6.27. The minimum absolute atomic E-state index is 0.0632. The zero-order valence-corrected chi connectivity index (χ0v) is 20.7. The molecule has 2 aromatic rings. The number of fused-ring (bicyclic) bond motifs is 1. The summed E-state index contributed by atoms with van der Waals surface area (Å²) in [4.78, 5) is 25.2. The highest BCUT2D eigenvalue weighted by molar-refractivity contribution is 6.30. The second kappa shape index (κ2) is 11.2. The Hall–Kier alpha value is -2.63. The second-order valence-electron chi connectivity index (χ2n) is 8.70. The molecule has 0 spiro atoms. The quantitative estimate of drug-likeness (QED) is 0.392. The fourth-order valence-electron chi connectivity index (χ4n) is 4.56. The van der Waals surface area contributed by atoms with Crippen molar-refractivity contribution < 1.29 is 14.3 Å². The topological polar surface area (TPSA) is 59.0 Å². The molecule has 2 aromatic carbocycles. The molecule has 0 aromatic heterocycles. The van der Waals surface area contributed by atoms with Gasteiger partial charge in [-0.05, 0) is 72.7 Å². The van der Waals surface area contributed by atoms with E-state index in [1.54, 1.807) is 0 Å². The van der Waals surface area contributed by atoms with Crippen molar-refractivity contribution in [3.8, 4) is 0 Å². The summed E-state index contributed by atoms with van der Waals surface area (Å²) in [5.74, 6) is -0.614. The molecule has 2 unspecified atom stereocenters. The van der Waals surface area contributed by atoms with Gasteiger partial charge in [-0.1, -0.05) is 60.8 Å². The summed E-state index contributed by atoms with van der Waals surface area (Å²) in [7, 11) is 0. The molecule has 2 aliphatic rings. The number of ether oxygens (including phenoxy) is 1. The van der Waals surface area contributed by atoms with Crippen LogP contribution in [-0.2, 0) is 14.3 Å². The molecule has 0 saturated heterocycles. The smallest absolute Gasteiger partial charge is 0.306 e. The van der Waals surface area contributed by atoms with Gasteiger partial charge in [-0.3, -0.25) is 9.59 Å². The molecule has 1 aliphatic heterocycles.